The van der Waals surface area contributed by atoms with Crippen LogP contribution in [0.2, 0.25) is 0 Å². The number of rotatable bonds is 7. The minimum atomic E-state index is 0.676. The van der Waals surface area contributed by atoms with Crippen LogP contribution in [0.25, 0.3) is 16.6 Å². The van der Waals surface area contributed by atoms with E-state index in [1.165, 1.54) is 65.0 Å². The van der Waals surface area contributed by atoms with Gasteiger partial charge in [-0.3, -0.25) is 0 Å². The van der Waals surface area contributed by atoms with Crippen molar-refractivity contribution < 1.29 is 0 Å². The molecule has 4 heteroatoms. The normalized spacial score (nSPS) is 16.2. The molecule has 206 valence electrons. The Kier molecular flexibility index (Phi) is 10.00. The molecule has 1 aromatic heterocycles. The summed E-state index contributed by atoms with van der Waals surface area (Å²) >= 11 is 0. The number of aromatic nitrogens is 2. The van der Waals surface area contributed by atoms with Crippen LogP contribution < -0.4 is 5.32 Å². The van der Waals surface area contributed by atoms with E-state index in [9.17, 15) is 0 Å². The van der Waals surface area contributed by atoms with Gasteiger partial charge >= 0.3 is 0 Å². The topological polar surface area (TPSA) is 33.1 Å². The van der Waals surface area contributed by atoms with Crippen molar-refractivity contribution in [2.24, 2.45) is 0 Å². The molecule has 1 fully saturated rings. The van der Waals surface area contributed by atoms with Gasteiger partial charge in [-0.1, -0.05) is 42.5 Å². The predicted octanol–water partition coefficient (Wildman–Crippen LogP) is 8.45. The van der Waals surface area contributed by atoms with Crippen molar-refractivity contribution in [3.8, 4) is 0 Å². The summed E-state index contributed by atoms with van der Waals surface area (Å²) in [5.74, 6) is 1.79. The molecule has 1 aliphatic heterocycles. The molecule has 2 aromatic carbocycles. The first kappa shape index (κ1) is 28.6. The Hall–Kier alpha value is -3.37. The third-order valence-corrected chi connectivity index (χ3v) is 8.08. The van der Waals surface area contributed by atoms with Gasteiger partial charge in [0, 0.05) is 24.9 Å². The monoisotopic (exact) mass is 522 g/mol. The van der Waals surface area contributed by atoms with Gasteiger partial charge < -0.3 is 14.8 Å². The van der Waals surface area contributed by atoms with E-state index in [-0.39, 0.29) is 0 Å². The van der Waals surface area contributed by atoms with Crippen molar-refractivity contribution in [1.82, 2.24) is 14.5 Å². The van der Waals surface area contributed by atoms with Gasteiger partial charge in [0.15, 0.2) is 0 Å². The number of imidazole rings is 1. The van der Waals surface area contributed by atoms with Gasteiger partial charge in [-0.05, 0) is 125 Å². The molecule has 3 aromatic rings. The van der Waals surface area contributed by atoms with E-state index in [4.69, 9.17) is 4.98 Å². The molecular formula is C35H46N4. The van der Waals surface area contributed by atoms with E-state index < -0.39 is 0 Å². The molecule has 0 spiro atoms. The summed E-state index contributed by atoms with van der Waals surface area (Å²) in [7, 11) is 2.00. The van der Waals surface area contributed by atoms with Crippen LogP contribution in [0.3, 0.4) is 0 Å². The molecule has 5 rings (SSSR count). The van der Waals surface area contributed by atoms with Gasteiger partial charge in [-0.2, -0.15) is 0 Å². The number of nitrogens with zero attached hydrogens (tertiary/aromatic N) is 3. The van der Waals surface area contributed by atoms with Gasteiger partial charge in [0.2, 0.25) is 0 Å². The second kappa shape index (κ2) is 13.6. The Morgan fingerprint density at radius 1 is 1.05 bits per heavy atom. The van der Waals surface area contributed by atoms with E-state index in [1.54, 1.807) is 6.08 Å². The third-order valence-electron chi connectivity index (χ3n) is 8.08. The Morgan fingerprint density at radius 3 is 2.54 bits per heavy atom. The summed E-state index contributed by atoms with van der Waals surface area (Å²) in [5, 5.41) is 3.28. The Labute approximate surface area is 235 Å². The van der Waals surface area contributed by atoms with E-state index >= 15 is 0 Å². The minimum absolute atomic E-state index is 0.676. The fraction of sp³-hybridized carbons (Fsp3) is 0.400. The Morgan fingerprint density at radius 2 is 1.79 bits per heavy atom. The van der Waals surface area contributed by atoms with Crippen LogP contribution in [0.1, 0.15) is 68.0 Å². The molecular weight excluding hydrogens is 476 g/mol. The average Bonchev–Trinajstić information content (AvgIpc) is 3.12. The summed E-state index contributed by atoms with van der Waals surface area (Å²) in [6.07, 6.45) is 15.3. The van der Waals surface area contributed by atoms with E-state index in [0.29, 0.717) is 5.92 Å². The van der Waals surface area contributed by atoms with Gasteiger partial charge in [-0.25, -0.2) is 4.98 Å². The number of aryl methyl sites for hydroxylation is 3. The standard InChI is InChI=1S/C32H40N4.C3H6/c1-23-10-6-5-7-13-29(23)32-34-30-20-24(2)25(3)21-31(30)36(32)17-9-16-35-18-14-26(15-19-35)27-11-8-12-28(22-27)33-4;1-3-2/h5,7-8,10-13,20-22,26,33H,6,9,14-19H2,1-4H3;3H,1H2,2H3. The number of nitrogens with one attached hydrogen (secondary N) is 1. The summed E-state index contributed by atoms with van der Waals surface area (Å²) in [6, 6.07) is 13.5. The average molecular weight is 523 g/mol. The number of fused-ring (bicyclic) bond motifs is 1. The number of anilines is 1. The lowest BCUT2D eigenvalue weighted by atomic mass is 9.89. The molecule has 2 heterocycles. The zero-order valence-electron chi connectivity index (χ0n) is 24.6. The van der Waals surface area contributed by atoms with Crippen LogP contribution in [0.5, 0.6) is 0 Å². The Balaban J connectivity index is 0.00000112. The van der Waals surface area contributed by atoms with Crippen LogP contribution in [0, 0.1) is 13.8 Å². The smallest absolute Gasteiger partial charge is 0.141 e. The predicted molar refractivity (Wildman–Crippen MR) is 170 cm³/mol. The highest BCUT2D eigenvalue weighted by Gasteiger charge is 2.21. The zero-order chi connectivity index (χ0) is 27.8. The molecule has 1 aliphatic carbocycles. The first-order valence-electron chi connectivity index (χ1n) is 14.5. The maximum absolute atomic E-state index is 5.15. The molecule has 39 heavy (non-hydrogen) atoms. The number of hydrogen-bond donors (Lipinski definition) is 1. The molecule has 0 saturated carbocycles. The maximum atomic E-state index is 5.15. The van der Waals surface area contributed by atoms with Gasteiger partial charge in [0.05, 0.1) is 11.0 Å². The van der Waals surface area contributed by atoms with Crippen molar-refractivity contribution in [2.45, 2.75) is 65.8 Å². The molecule has 2 aliphatic rings. The summed E-state index contributed by atoms with van der Waals surface area (Å²) in [4.78, 5) is 7.81. The van der Waals surface area contributed by atoms with E-state index in [1.807, 2.05) is 14.0 Å². The molecule has 1 N–H and O–H groups in total. The highest BCUT2D eigenvalue weighted by molar-refractivity contribution is 5.85. The second-order valence-corrected chi connectivity index (χ2v) is 10.9. The van der Waals surface area contributed by atoms with E-state index in [0.717, 1.165) is 37.3 Å². The number of benzene rings is 2. The van der Waals surface area contributed by atoms with Crippen LogP contribution in [0.15, 0.2) is 78.9 Å². The van der Waals surface area contributed by atoms with Gasteiger partial charge in [-0.15, -0.1) is 6.58 Å². The molecule has 0 atom stereocenters. The quantitative estimate of drug-likeness (QED) is 0.316. The van der Waals surface area contributed by atoms with Crippen LogP contribution in [-0.4, -0.2) is 41.1 Å². The molecule has 0 bridgehead atoms. The lowest BCUT2D eigenvalue weighted by Crippen LogP contribution is -2.34. The fourth-order valence-electron chi connectivity index (χ4n) is 5.68. The number of allylic oxidation sites excluding steroid dienone is 7. The second-order valence-electron chi connectivity index (χ2n) is 10.9. The van der Waals surface area contributed by atoms with Crippen molar-refractivity contribution in [3.05, 3.63) is 101 Å². The first-order valence-corrected chi connectivity index (χ1v) is 14.5. The summed E-state index contributed by atoms with van der Waals surface area (Å²) in [6.45, 7) is 16.4. The highest BCUT2D eigenvalue weighted by Crippen LogP contribution is 2.31. The molecule has 0 radical (unpaired) electrons. The number of likely N-dealkylation sites (tertiary alicyclic amines) is 1. The van der Waals surface area contributed by atoms with Crippen LogP contribution >= 0.6 is 0 Å². The Bertz CT molecular complexity index is 1360. The van der Waals surface area contributed by atoms with Crippen molar-refractivity contribution in [2.75, 3.05) is 32.0 Å². The van der Waals surface area contributed by atoms with Gasteiger partial charge in [0.1, 0.15) is 5.82 Å². The maximum Gasteiger partial charge on any atom is 0.141 e. The van der Waals surface area contributed by atoms with Crippen molar-refractivity contribution in [3.63, 3.8) is 0 Å². The molecule has 0 unspecified atom stereocenters. The van der Waals surface area contributed by atoms with Crippen molar-refractivity contribution >= 4 is 22.3 Å². The third kappa shape index (κ3) is 6.99. The molecule has 4 nitrogen and oxygen atoms in total. The van der Waals surface area contributed by atoms with Crippen molar-refractivity contribution in [1.29, 1.82) is 0 Å². The molecule has 0 amide bonds. The largest absolute Gasteiger partial charge is 0.388 e. The summed E-state index contributed by atoms with van der Waals surface area (Å²) < 4.78 is 2.47. The molecule has 1 saturated heterocycles. The SMILES string of the molecule is C=CC.CNc1cccc(C2CCN(CCCn3c(C4=CC=CCC=C4C)nc4cc(C)c(C)cc43)CC2)c1. The van der Waals surface area contributed by atoms with Crippen LogP contribution in [0.4, 0.5) is 5.69 Å². The lowest BCUT2D eigenvalue weighted by Gasteiger charge is -2.32. The van der Waals surface area contributed by atoms with Gasteiger partial charge in [0.25, 0.3) is 0 Å². The number of piperidine rings is 1. The fourth-order valence-corrected chi connectivity index (χ4v) is 5.68. The highest BCUT2D eigenvalue weighted by atomic mass is 15.1. The van der Waals surface area contributed by atoms with E-state index in [2.05, 4.69) is 103 Å². The van der Waals surface area contributed by atoms with Crippen LogP contribution in [-0.2, 0) is 6.54 Å². The number of hydrogen-bond acceptors (Lipinski definition) is 3. The summed E-state index contributed by atoms with van der Waals surface area (Å²) in [5.41, 5.74) is 10.3. The zero-order valence-corrected chi connectivity index (χ0v) is 24.6. The minimum Gasteiger partial charge on any atom is -0.388 e. The first-order chi connectivity index (χ1) is 18.9. The lowest BCUT2D eigenvalue weighted by molar-refractivity contribution is 0.207.